The Morgan fingerprint density at radius 3 is 2.02 bits per heavy atom. The fraction of sp³-hybridized carbons (Fsp3) is 0.0732. The molecule has 2 nitrogen and oxygen atoms in total. The van der Waals surface area contributed by atoms with Crippen molar-refractivity contribution in [1.82, 2.24) is 0 Å². The predicted molar refractivity (Wildman–Crippen MR) is 181 cm³/mol. The zero-order valence-electron chi connectivity index (χ0n) is 24.1. The van der Waals surface area contributed by atoms with Gasteiger partial charge in [-0.05, 0) is 64.0 Å². The molecule has 0 radical (unpaired) electrons. The van der Waals surface area contributed by atoms with E-state index in [1.807, 2.05) is 6.07 Å². The minimum Gasteiger partial charge on any atom is -0.455 e. The van der Waals surface area contributed by atoms with Crippen LogP contribution in [0.15, 0.2) is 144 Å². The Kier molecular flexibility index (Phi) is 4.99. The Bertz CT molecular complexity index is 2390. The van der Waals surface area contributed by atoms with Gasteiger partial charge in [0.25, 0.3) is 0 Å². The summed E-state index contributed by atoms with van der Waals surface area (Å²) in [7, 11) is 0. The summed E-state index contributed by atoms with van der Waals surface area (Å²) >= 11 is 0. The van der Waals surface area contributed by atoms with Gasteiger partial charge in [-0.2, -0.15) is 0 Å². The molecule has 0 amide bonds. The Morgan fingerprint density at radius 2 is 1.12 bits per heavy atom. The fourth-order valence-electron chi connectivity index (χ4n) is 7.36. The number of fused-ring (bicyclic) bond motifs is 9. The molecule has 43 heavy (non-hydrogen) atoms. The van der Waals surface area contributed by atoms with Crippen LogP contribution in [0.3, 0.4) is 0 Å². The van der Waals surface area contributed by atoms with E-state index in [2.05, 4.69) is 152 Å². The van der Waals surface area contributed by atoms with Crippen LogP contribution in [0.4, 0.5) is 17.1 Å². The Morgan fingerprint density at radius 1 is 0.488 bits per heavy atom. The van der Waals surface area contributed by atoms with Gasteiger partial charge >= 0.3 is 0 Å². The highest BCUT2D eigenvalue weighted by atomic mass is 16.3. The highest BCUT2D eigenvalue weighted by molar-refractivity contribution is 6.18. The van der Waals surface area contributed by atoms with E-state index in [4.69, 9.17) is 4.42 Å². The molecule has 7 aromatic carbocycles. The largest absolute Gasteiger partial charge is 0.455 e. The van der Waals surface area contributed by atoms with Crippen LogP contribution in [0.5, 0.6) is 0 Å². The molecule has 0 saturated carbocycles. The van der Waals surface area contributed by atoms with E-state index in [1.165, 1.54) is 33.0 Å². The van der Waals surface area contributed by atoms with E-state index in [1.54, 1.807) is 0 Å². The zero-order chi connectivity index (χ0) is 28.7. The van der Waals surface area contributed by atoms with Gasteiger partial charge in [0.05, 0.1) is 11.4 Å². The predicted octanol–water partition coefficient (Wildman–Crippen LogP) is 11.7. The lowest BCUT2D eigenvalue weighted by atomic mass is 9.82. The molecule has 0 spiro atoms. The first-order valence-corrected chi connectivity index (χ1v) is 14.9. The highest BCUT2D eigenvalue weighted by Crippen LogP contribution is 2.51. The van der Waals surface area contributed by atoms with Crippen LogP contribution in [-0.4, -0.2) is 0 Å². The van der Waals surface area contributed by atoms with E-state index in [0.717, 1.165) is 49.8 Å². The van der Waals surface area contributed by atoms with Crippen LogP contribution in [0, 0.1) is 0 Å². The van der Waals surface area contributed by atoms with Crippen LogP contribution in [0.2, 0.25) is 0 Å². The van der Waals surface area contributed by atoms with Gasteiger partial charge in [-0.3, -0.25) is 0 Å². The standard InChI is InChI=1S/C41H29NO/c1-41(2)35-17-7-5-14-29(35)30-22-21-27(25-36(30)41)42(37-18-9-12-26-11-3-4-13-28(26)37)38-19-10-16-33-31(38)23-24-34-32-15-6-8-20-39(32)43-40(33)34/h3-25H,1-2H3. The molecule has 8 aromatic rings. The molecular formula is C41H29NO. The molecule has 1 heterocycles. The number of hydrogen-bond donors (Lipinski definition) is 0. The number of furan rings is 1. The number of rotatable bonds is 3. The van der Waals surface area contributed by atoms with E-state index < -0.39 is 0 Å². The number of anilines is 3. The normalized spacial score (nSPS) is 13.5. The fourth-order valence-corrected chi connectivity index (χ4v) is 7.36. The third kappa shape index (κ3) is 3.41. The first-order chi connectivity index (χ1) is 21.1. The molecule has 0 N–H and O–H groups in total. The smallest absolute Gasteiger partial charge is 0.143 e. The maximum Gasteiger partial charge on any atom is 0.143 e. The highest BCUT2D eigenvalue weighted by Gasteiger charge is 2.36. The Labute approximate surface area is 250 Å². The Balaban J connectivity index is 1.34. The second kappa shape index (κ2) is 8.83. The molecule has 2 heteroatoms. The van der Waals surface area contributed by atoms with Gasteiger partial charge in [-0.25, -0.2) is 0 Å². The van der Waals surface area contributed by atoms with E-state index >= 15 is 0 Å². The van der Waals surface area contributed by atoms with Crippen molar-refractivity contribution in [3.63, 3.8) is 0 Å². The average Bonchev–Trinajstić information content (AvgIpc) is 3.54. The summed E-state index contributed by atoms with van der Waals surface area (Å²) in [5.41, 5.74) is 10.6. The minimum absolute atomic E-state index is 0.0917. The summed E-state index contributed by atoms with van der Waals surface area (Å²) in [6.07, 6.45) is 0. The quantitative estimate of drug-likeness (QED) is 0.217. The van der Waals surface area contributed by atoms with Crippen molar-refractivity contribution in [3.8, 4) is 11.1 Å². The Hall–Kier alpha value is -5.34. The van der Waals surface area contributed by atoms with Crippen LogP contribution in [0.25, 0.3) is 54.6 Å². The summed E-state index contributed by atoms with van der Waals surface area (Å²) in [4.78, 5) is 2.44. The summed E-state index contributed by atoms with van der Waals surface area (Å²) in [6.45, 7) is 4.69. The van der Waals surface area contributed by atoms with Crippen LogP contribution < -0.4 is 4.90 Å². The maximum atomic E-state index is 6.49. The lowest BCUT2D eigenvalue weighted by Gasteiger charge is -2.30. The SMILES string of the molecule is CC1(C)c2ccccc2-c2ccc(N(c3cccc4ccccc34)c3cccc4c3ccc3c5ccccc5oc43)cc21. The van der Waals surface area contributed by atoms with Gasteiger partial charge in [-0.1, -0.05) is 117 Å². The van der Waals surface area contributed by atoms with Gasteiger partial charge in [0.2, 0.25) is 0 Å². The zero-order valence-corrected chi connectivity index (χ0v) is 24.1. The van der Waals surface area contributed by atoms with Crippen molar-refractivity contribution in [2.24, 2.45) is 0 Å². The van der Waals surface area contributed by atoms with Crippen LogP contribution in [0.1, 0.15) is 25.0 Å². The average molecular weight is 552 g/mol. The first kappa shape index (κ1) is 24.3. The molecule has 0 saturated heterocycles. The first-order valence-electron chi connectivity index (χ1n) is 14.9. The van der Waals surface area contributed by atoms with E-state index in [-0.39, 0.29) is 5.41 Å². The summed E-state index contributed by atoms with van der Waals surface area (Å²) in [5.74, 6) is 0. The van der Waals surface area contributed by atoms with Gasteiger partial charge in [-0.15, -0.1) is 0 Å². The molecule has 1 aliphatic carbocycles. The van der Waals surface area contributed by atoms with Crippen molar-refractivity contribution in [3.05, 3.63) is 151 Å². The summed E-state index contributed by atoms with van der Waals surface area (Å²) < 4.78 is 6.49. The van der Waals surface area contributed by atoms with Crippen molar-refractivity contribution in [1.29, 1.82) is 0 Å². The monoisotopic (exact) mass is 551 g/mol. The van der Waals surface area contributed by atoms with Crippen molar-refractivity contribution < 1.29 is 4.42 Å². The molecule has 0 aliphatic heterocycles. The molecule has 1 aliphatic rings. The van der Waals surface area contributed by atoms with E-state index in [0.29, 0.717) is 0 Å². The number of para-hydroxylation sites is 1. The number of nitrogens with zero attached hydrogens (tertiary/aromatic N) is 1. The molecule has 1 aromatic heterocycles. The maximum absolute atomic E-state index is 6.49. The molecule has 204 valence electrons. The van der Waals surface area contributed by atoms with Crippen molar-refractivity contribution in [2.75, 3.05) is 4.90 Å². The molecule has 9 rings (SSSR count). The van der Waals surface area contributed by atoms with Crippen molar-refractivity contribution >= 4 is 60.5 Å². The molecular weight excluding hydrogens is 522 g/mol. The number of benzene rings is 7. The summed E-state index contributed by atoms with van der Waals surface area (Å²) in [6, 6.07) is 50.5. The van der Waals surface area contributed by atoms with Gasteiger partial charge in [0.1, 0.15) is 11.2 Å². The van der Waals surface area contributed by atoms with E-state index in [9.17, 15) is 0 Å². The molecule has 0 unspecified atom stereocenters. The lowest BCUT2D eigenvalue weighted by molar-refractivity contribution is 0.660. The third-order valence-corrected chi connectivity index (χ3v) is 9.45. The third-order valence-electron chi connectivity index (χ3n) is 9.45. The molecule has 0 bridgehead atoms. The lowest BCUT2D eigenvalue weighted by Crippen LogP contribution is -2.16. The van der Waals surface area contributed by atoms with Gasteiger partial charge in [0.15, 0.2) is 0 Å². The number of hydrogen-bond acceptors (Lipinski definition) is 2. The second-order valence-electron chi connectivity index (χ2n) is 12.1. The molecule has 0 atom stereocenters. The van der Waals surface area contributed by atoms with Gasteiger partial charge in [0, 0.05) is 38.0 Å². The van der Waals surface area contributed by atoms with Crippen molar-refractivity contribution in [2.45, 2.75) is 19.3 Å². The topological polar surface area (TPSA) is 16.4 Å². The molecule has 0 fully saturated rings. The minimum atomic E-state index is -0.0917. The van der Waals surface area contributed by atoms with Crippen LogP contribution >= 0.6 is 0 Å². The van der Waals surface area contributed by atoms with Gasteiger partial charge < -0.3 is 9.32 Å². The van der Waals surface area contributed by atoms with Crippen LogP contribution in [-0.2, 0) is 5.41 Å². The summed E-state index contributed by atoms with van der Waals surface area (Å²) in [5, 5.41) is 7.01. The second-order valence-corrected chi connectivity index (χ2v) is 12.1.